The molecule has 19 heavy (non-hydrogen) atoms. The van der Waals surface area contributed by atoms with Crippen molar-refractivity contribution in [3.05, 3.63) is 29.8 Å². The molecule has 0 aliphatic carbocycles. The normalized spacial score (nSPS) is 11.6. The maximum atomic E-state index is 12.3. The van der Waals surface area contributed by atoms with Crippen LogP contribution < -0.4 is 10.0 Å². The first-order chi connectivity index (χ1) is 8.75. The van der Waals surface area contributed by atoms with E-state index in [0.717, 1.165) is 0 Å². The molecular formula is C13H20N2O2S2. The van der Waals surface area contributed by atoms with Gasteiger partial charge in [0.05, 0.1) is 11.4 Å². The minimum absolute atomic E-state index is 0.118. The molecular weight excluding hydrogens is 280 g/mol. The van der Waals surface area contributed by atoms with Gasteiger partial charge in [0.15, 0.2) is 0 Å². The Morgan fingerprint density at radius 1 is 1.37 bits per heavy atom. The predicted octanol–water partition coefficient (Wildman–Crippen LogP) is 2.13. The first-order valence-corrected chi connectivity index (χ1v) is 8.13. The third kappa shape index (κ3) is 4.18. The van der Waals surface area contributed by atoms with E-state index in [1.54, 1.807) is 24.3 Å². The fraction of sp³-hybridized carbons (Fsp3) is 0.462. The summed E-state index contributed by atoms with van der Waals surface area (Å²) in [6, 6.07) is 6.99. The SMILES string of the molecule is CC(C)CCS(=O)(=O)N(C)c1ccccc1C(N)=S. The second-order valence-corrected chi connectivity index (χ2v) is 7.41. The molecule has 0 heterocycles. The Morgan fingerprint density at radius 3 is 2.47 bits per heavy atom. The molecule has 0 aliphatic rings. The zero-order valence-corrected chi connectivity index (χ0v) is 13.1. The number of benzene rings is 1. The van der Waals surface area contributed by atoms with Crippen LogP contribution >= 0.6 is 12.2 Å². The van der Waals surface area contributed by atoms with Gasteiger partial charge in [0.2, 0.25) is 10.0 Å². The molecule has 0 aromatic heterocycles. The van der Waals surface area contributed by atoms with Gasteiger partial charge >= 0.3 is 0 Å². The topological polar surface area (TPSA) is 63.4 Å². The first-order valence-electron chi connectivity index (χ1n) is 6.11. The average molecular weight is 300 g/mol. The van der Waals surface area contributed by atoms with E-state index in [1.807, 2.05) is 13.8 Å². The molecule has 0 aliphatic heterocycles. The van der Waals surface area contributed by atoms with Crippen molar-refractivity contribution in [2.75, 3.05) is 17.1 Å². The van der Waals surface area contributed by atoms with E-state index in [0.29, 0.717) is 23.6 Å². The van der Waals surface area contributed by atoms with E-state index >= 15 is 0 Å². The van der Waals surface area contributed by atoms with Crippen molar-refractivity contribution in [3.8, 4) is 0 Å². The van der Waals surface area contributed by atoms with Crippen LogP contribution in [0.3, 0.4) is 0 Å². The van der Waals surface area contributed by atoms with E-state index in [2.05, 4.69) is 0 Å². The molecule has 1 aromatic carbocycles. The summed E-state index contributed by atoms with van der Waals surface area (Å²) in [4.78, 5) is 0.196. The Balaban J connectivity index is 3.06. The molecule has 0 unspecified atom stereocenters. The zero-order valence-electron chi connectivity index (χ0n) is 11.5. The standard InChI is InChI=1S/C13H20N2O2S2/c1-10(2)8-9-19(16,17)15(3)12-7-5-4-6-11(12)13(14)18/h4-7,10H,8-9H2,1-3H3,(H2,14,18). The summed E-state index contributed by atoms with van der Waals surface area (Å²) in [6.45, 7) is 4.00. The largest absolute Gasteiger partial charge is 0.389 e. The lowest BCUT2D eigenvalue weighted by Gasteiger charge is -2.22. The second-order valence-electron chi connectivity index (χ2n) is 4.85. The number of rotatable bonds is 6. The fourth-order valence-electron chi connectivity index (χ4n) is 1.63. The number of sulfonamides is 1. The van der Waals surface area contributed by atoms with Gasteiger partial charge in [0.1, 0.15) is 4.99 Å². The molecule has 2 N–H and O–H groups in total. The van der Waals surface area contributed by atoms with Gasteiger partial charge in [-0.25, -0.2) is 8.42 Å². The molecule has 0 saturated carbocycles. The number of para-hydroxylation sites is 1. The number of anilines is 1. The summed E-state index contributed by atoms with van der Waals surface area (Å²) >= 11 is 4.95. The van der Waals surface area contributed by atoms with Crippen LogP contribution in [-0.2, 0) is 10.0 Å². The number of nitrogens with two attached hydrogens (primary N) is 1. The van der Waals surface area contributed by atoms with Gasteiger partial charge in [-0.05, 0) is 24.5 Å². The molecule has 6 heteroatoms. The highest BCUT2D eigenvalue weighted by atomic mass is 32.2. The number of thiocarbonyl (C=S) groups is 1. The van der Waals surface area contributed by atoms with Crippen molar-refractivity contribution < 1.29 is 8.42 Å². The van der Waals surface area contributed by atoms with E-state index in [9.17, 15) is 8.42 Å². The minimum atomic E-state index is -3.35. The Bertz CT molecular complexity index is 554. The Labute approximate surface area is 120 Å². The fourth-order valence-corrected chi connectivity index (χ4v) is 3.30. The lowest BCUT2D eigenvalue weighted by molar-refractivity contribution is 0.572. The van der Waals surface area contributed by atoms with Gasteiger partial charge < -0.3 is 5.73 Å². The molecule has 4 nitrogen and oxygen atoms in total. The maximum absolute atomic E-state index is 12.3. The monoisotopic (exact) mass is 300 g/mol. The molecule has 0 bridgehead atoms. The number of nitrogens with zero attached hydrogens (tertiary/aromatic N) is 1. The predicted molar refractivity (Wildman–Crippen MR) is 84.0 cm³/mol. The maximum Gasteiger partial charge on any atom is 0.234 e. The summed E-state index contributed by atoms with van der Waals surface area (Å²) in [5.74, 6) is 0.460. The minimum Gasteiger partial charge on any atom is -0.389 e. The highest BCUT2D eigenvalue weighted by molar-refractivity contribution is 7.92. The van der Waals surface area contributed by atoms with Crippen LogP contribution in [0, 0.1) is 5.92 Å². The molecule has 0 saturated heterocycles. The highest BCUT2D eigenvalue weighted by Crippen LogP contribution is 2.22. The summed E-state index contributed by atoms with van der Waals surface area (Å²) in [5, 5.41) is 0. The number of hydrogen-bond acceptors (Lipinski definition) is 3. The van der Waals surface area contributed by atoms with Gasteiger partial charge in [-0.2, -0.15) is 0 Å². The van der Waals surface area contributed by atoms with Crippen molar-refractivity contribution in [1.29, 1.82) is 0 Å². The molecule has 0 atom stereocenters. The van der Waals surface area contributed by atoms with Gasteiger partial charge in [-0.3, -0.25) is 4.31 Å². The smallest absolute Gasteiger partial charge is 0.234 e. The van der Waals surface area contributed by atoms with Crippen LogP contribution in [0.4, 0.5) is 5.69 Å². The second kappa shape index (κ2) is 6.34. The van der Waals surface area contributed by atoms with Crippen molar-refractivity contribution in [2.45, 2.75) is 20.3 Å². The van der Waals surface area contributed by atoms with Crippen molar-refractivity contribution in [3.63, 3.8) is 0 Å². The van der Waals surface area contributed by atoms with Crippen LogP contribution in [0.25, 0.3) is 0 Å². The molecule has 106 valence electrons. The summed E-state index contributed by atoms with van der Waals surface area (Å²) in [6.07, 6.45) is 0.627. The van der Waals surface area contributed by atoms with Crippen molar-refractivity contribution in [2.24, 2.45) is 11.7 Å². The first kappa shape index (κ1) is 15.9. The van der Waals surface area contributed by atoms with Crippen LogP contribution in [-0.4, -0.2) is 26.2 Å². The van der Waals surface area contributed by atoms with Crippen molar-refractivity contribution in [1.82, 2.24) is 0 Å². The van der Waals surface area contributed by atoms with E-state index in [-0.39, 0.29) is 10.7 Å². The molecule has 0 fully saturated rings. The Kier molecular flexibility index (Phi) is 5.31. The average Bonchev–Trinajstić information content (AvgIpc) is 2.35. The van der Waals surface area contributed by atoms with Crippen LogP contribution in [0.5, 0.6) is 0 Å². The molecule has 1 aromatic rings. The van der Waals surface area contributed by atoms with Gasteiger partial charge in [-0.15, -0.1) is 0 Å². The Morgan fingerprint density at radius 2 is 1.95 bits per heavy atom. The highest BCUT2D eigenvalue weighted by Gasteiger charge is 2.21. The van der Waals surface area contributed by atoms with Gasteiger partial charge in [0, 0.05) is 12.6 Å². The van der Waals surface area contributed by atoms with E-state index < -0.39 is 10.0 Å². The third-order valence-corrected chi connectivity index (χ3v) is 4.88. The van der Waals surface area contributed by atoms with Crippen LogP contribution in [0.15, 0.2) is 24.3 Å². The summed E-state index contributed by atoms with van der Waals surface area (Å²) < 4.78 is 25.8. The summed E-state index contributed by atoms with van der Waals surface area (Å²) in [7, 11) is -1.81. The lowest BCUT2D eigenvalue weighted by atomic mass is 10.2. The quantitative estimate of drug-likeness (QED) is 0.818. The van der Waals surface area contributed by atoms with Crippen LogP contribution in [0.1, 0.15) is 25.8 Å². The molecule has 0 spiro atoms. The summed E-state index contributed by atoms with van der Waals surface area (Å²) in [5.41, 5.74) is 6.73. The van der Waals surface area contributed by atoms with Crippen molar-refractivity contribution >= 4 is 32.9 Å². The Hall–Kier alpha value is -1.14. The zero-order chi connectivity index (χ0) is 14.6. The third-order valence-electron chi connectivity index (χ3n) is 2.88. The molecule has 0 amide bonds. The molecule has 1 rings (SSSR count). The van der Waals surface area contributed by atoms with Gasteiger partial charge in [-0.1, -0.05) is 38.2 Å². The molecule has 0 radical (unpaired) electrons. The number of hydrogen-bond donors (Lipinski definition) is 1. The van der Waals surface area contributed by atoms with Crippen LogP contribution in [0.2, 0.25) is 0 Å². The van der Waals surface area contributed by atoms with Gasteiger partial charge in [0.25, 0.3) is 0 Å². The van der Waals surface area contributed by atoms with E-state index in [1.165, 1.54) is 11.4 Å². The lowest BCUT2D eigenvalue weighted by Crippen LogP contribution is -2.31. The van der Waals surface area contributed by atoms with E-state index in [4.69, 9.17) is 18.0 Å².